The normalized spacial score (nSPS) is 11.0. The molecule has 0 fully saturated rings. The summed E-state index contributed by atoms with van der Waals surface area (Å²) in [7, 11) is 6.11. The number of aromatic nitrogens is 2. The molecule has 0 amide bonds. The molecule has 1 heterocycles. The number of hydrogen-bond donors (Lipinski definition) is 1. The largest absolute Gasteiger partial charge is 0.381 e. The molecule has 0 bridgehead atoms. The molecule has 0 aliphatic rings. The Kier molecular flexibility index (Phi) is 4.22. The summed E-state index contributed by atoms with van der Waals surface area (Å²) in [5, 5.41) is 7.77. The van der Waals surface area contributed by atoms with Crippen LogP contribution in [0.2, 0.25) is 0 Å². The minimum atomic E-state index is 0.812. The number of benzene rings is 1. The van der Waals surface area contributed by atoms with Crippen molar-refractivity contribution in [2.45, 2.75) is 20.0 Å². The minimum absolute atomic E-state index is 0.812. The van der Waals surface area contributed by atoms with E-state index >= 15 is 0 Å². The molecule has 102 valence electrons. The van der Waals surface area contributed by atoms with Crippen LogP contribution in [0.25, 0.3) is 0 Å². The highest BCUT2D eigenvalue weighted by Crippen LogP contribution is 2.13. The Morgan fingerprint density at radius 3 is 2.42 bits per heavy atom. The van der Waals surface area contributed by atoms with E-state index in [1.807, 2.05) is 18.7 Å². The molecule has 0 aliphatic carbocycles. The number of rotatable bonds is 5. The summed E-state index contributed by atoms with van der Waals surface area (Å²) in [5.74, 6) is 0. The predicted molar refractivity (Wildman–Crippen MR) is 79.1 cm³/mol. The maximum atomic E-state index is 4.34. The summed E-state index contributed by atoms with van der Waals surface area (Å²) in [6.45, 7) is 3.83. The molecule has 0 unspecified atom stereocenters. The van der Waals surface area contributed by atoms with E-state index in [-0.39, 0.29) is 0 Å². The van der Waals surface area contributed by atoms with E-state index in [1.165, 1.54) is 11.1 Å². The fourth-order valence-electron chi connectivity index (χ4n) is 2.11. The molecule has 1 N–H and O–H groups in total. The molecule has 0 saturated carbocycles. The van der Waals surface area contributed by atoms with E-state index in [2.05, 4.69) is 59.9 Å². The Hall–Kier alpha value is -1.81. The summed E-state index contributed by atoms with van der Waals surface area (Å²) in [5.41, 5.74) is 4.79. The van der Waals surface area contributed by atoms with Gasteiger partial charge in [-0.05, 0) is 38.7 Å². The average Bonchev–Trinajstić information content (AvgIpc) is 2.66. The van der Waals surface area contributed by atoms with Crippen LogP contribution in [-0.4, -0.2) is 28.8 Å². The summed E-state index contributed by atoms with van der Waals surface area (Å²) < 4.78 is 1.85. The van der Waals surface area contributed by atoms with Gasteiger partial charge in [-0.25, -0.2) is 0 Å². The minimum Gasteiger partial charge on any atom is -0.381 e. The first-order chi connectivity index (χ1) is 9.04. The summed E-state index contributed by atoms with van der Waals surface area (Å²) >= 11 is 0. The number of hydrogen-bond acceptors (Lipinski definition) is 3. The van der Waals surface area contributed by atoms with Crippen molar-refractivity contribution in [3.63, 3.8) is 0 Å². The number of aryl methyl sites for hydroxylation is 2. The van der Waals surface area contributed by atoms with Crippen molar-refractivity contribution < 1.29 is 0 Å². The van der Waals surface area contributed by atoms with Crippen molar-refractivity contribution in [3.05, 3.63) is 47.3 Å². The zero-order chi connectivity index (χ0) is 13.8. The van der Waals surface area contributed by atoms with Crippen LogP contribution in [0.1, 0.15) is 16.8 Å². The zero-order valence-electron chi connectivity index (χ0n) is 12.1. The molecule has 0 saturated heterocycles. The highest BCUT2D eigenvalue weighted by Gasteiger charge is 2.02. The highest BCUT2D eigenvalue weighted by molar-refractivity contribution is 5.45. The van der Waals surface area contributed by atoms with Gasteiger partial charge >= 0.3 is 0 Å². The van der Waals surface area contributed by atoms with Crippen LogP contribution >= 0.6 is 0 Å². The molecule has 19 heavy (non-hydrogen) atoms. The Bertz CT molecular complexity index is 526. The van der Waals surface area contributed by atoms with Crippen molar-refractivity contribution in [2.75, 3.05) is 19.4 Å². The van der Waals surface area contributed by atoms with E-state index in [9.17, 15) is 0 Å². The van der Waals surface area contributed by atoms with Crippen LogP contribution in [-0.2, 0) is 20.1 Å². The van der Waals surface area contributed by atoms with E-state index in [4.69, 9.17) is 0 Å². The number of anilines is 1. The van der Waals surface area contributed by atoms with Gasteiger partial charge in [0.05, 0.1) is 5.69 Å². The van der Waals surface area contributed by atoms with Crippen LogP contribution in [0.15, 0.2) is 30.5 Å². The maximum Gasteiger partial charge on any atom is 0.0643 e. The van der Waals surface area contributed by atoms with Crippen LogP contribution in [0.4, 0.5) is 5.69 Å². The molecular formula is C15H22N4. The predicted octanol–water partition coefficient (Wildman–Crippen LogP) is 2.40. The Morgan fingerprint density at radius 2 is 1.89 bits per heavy atom. The number of nitrogens with one attached hydrogen (secondary N) is 1. The van der Waals surface area contributed by atoms with E-state index in [0.29, 0.717) is 0 Å². The average molecular weight is 258 g/mol. The van der Waals surface area contributed by atoms with E-state index in [0.717, 1.165) is 24.5 Å². The Balaban J connectivity index is 1.94. The highest BCUT2D eigenvalue weighted by atomic mass is 15.2. The Labute approximate surface area is 115 Å². The molecule has 1 aromatic heterocycles. The van der Waals surface area contributed by atoms with Gasteiger partial charge in [0.1, 0.15) is 0 Å². The van der Waals surface area contributed by atoms with Crippen LogP contribution in [0.5, 0.6) is 0 Å². The van der Waals surface area contributed by atoms with Gasteiger partial charge in [-0.2, -0.15) is 5.10 Å². The monoisotopic (exact) mass is 258 g/mol. The van der Waals surface area contributed by atoms with Gasteiger partial charge in [0, 0.05) is 37.6 Å². The molecule has 0 atom stereocenters. The molecule has 4 heteroatoms. The third kappa shape index (κ3) is 3.83. The van der Waals surface area contributed by atoms with Gasteiger partial charge in [0.25, 0.3) is 0 Å². The standard InChI is InChI=1S/C15H22N4/c1-12-14(11-19(4)17-12)9-16-15-7-5-13(6-8-15)10-18(2)3/h5-8,11,16H,9-10H2,1-4H3. The van der Waals surface area contributed by atoms with Gasteiger partial charge in [-0.1, -0.05) is 12.1 Å². The van der Waals surface area contributed by atoms with Crippen molar-refractivity contribution in [1.29, 1.82) is 0 Å². The van der Waals surface area contributed by atoms with Crippen molar-refractivity contribution in [3.8, 4) is 0 Å². The lowest BCUT2D eigenvalue weighted by Gasteiger charge is -2.11. The lowest BCUT2D eigenvalue weighted by molar-refractivity contribution is 0.402. The molecule has 2 aromatic rings. The second kappa shape index (κ2) is 5.89. The van der Waals surface area contributed by atoms with Crippen LogP contribution < -0.4 is 5.32 Å². The van der Waals surface area contributed by atoms with Gasteiger partial charge in [-0.15, -0.1) is 0 Å². The molecular weight excluding hydrogens is 236 g/mol. The first kappa shape index (κ1) is 13.6. The first-order valence-corrected chi connectivity index (χ1v) is 6.51. The fourth-order valence-corrected chi connectivity index (χ4v) is 2.11. The lowest BCUT2D eigenvalue weighted by Crippen LogP contribution is -2.10. The molecule has 1 aromatic carbocycles. The quantitative estimate of drug-likeness (QED) is 0.894. The molecule has 0 spiro atoms. The zero-order valence-corrected chi connectivity index (χ0v) is 12.1. The summed E-state index contributed by atoms with van der Waals surface area (Å²) in [4.78, 5) is 2.17. The molecule has 0 radical (unpaired) electrons. The lowest BCUT2D eigenvalue weighted by atomic mass is 10.2. The van der Waals surface area contributed by atoms with Gasteiger partial charge in [0.15, 0.2) is 0 Å². The fraction of sp³-hybridized carbons (Fsp3) is 0.400. The van der Waals surface area contributed by atoms with Gasteiger partial charge in [0.2, 0.25) is 0 Å². The summed E-state index contributed by atoms with van der Waals surface area (Å²) in [6.07, 6.45) is 2.06. The second-order valence-electron chi connectivity index (χ2n) is 5.20. The topological polar surface area (TPSA) is 33.1 Å². The van der Waals surface area contributed by atoms with E-state index in [1.54, 1.807) is 0 Å². The van der Waals surface area contributed by atoms with Crippen molar-refractivity contribution in [2.24, 2.45) is 7.05 Å². The second-order valence-corrected chi connectivity index (χ2v) is 5.20. The third-order valence-corrected chi connectivity index (χ3v) is 3.05. The molecule has 4 nitrogen and oxygen atoms in total. The van der Waals surface area contributed by atoms with Gasteiger partial charge in [-0.3, -0.25) is 4.68 Å². The maximum absolute atomic E-state index is 4.34. The smallest absolute Gasteiger partial charge is 0.0643 e. The van der Waals surface area contributed by atoms with E-state index < -0.39 is 0 Å². The molecule has 2 rings (SSSR count). The third-order valence-electron chi connectivity index (χ3n) is 3.05. The Morgan fingerprint density at radius 1 is 1.21 bits per heavy atom. The molecule has 0 aliphatic heterocycles. The van der Waals surface area contributed by atoms with Gasteiger partial charge < -0.3 is 10.2 Å². The van der Waals surface area contributed by atoms with Crippen LogP contribution in [0.3, 0.4) is 0 Å². The van der Waals surface area contributed by atoms with Crippen molar-refractivity contribution in [1.82, 2.24) is 14.7 Å². The summed E-state index contributed by atoms with van der Waals surface area (Å²) in [6, 6.07) is 8.59. The first-order valence-electron chi connectivity index (χ1n) is 6.51. The van der Waals surface area contributed by atoms with Crippen molar-refractivity contribution >= 4 is 5.69 Å². The SMILES string of the molecule is Cc1nn(C)cc1CNc1ccc(CN(C)C)cc1. The number of nitrogens with zero attached hydrogens (tertiary/aromatic N) is 3. The van der Waals surface area contributed by atoms with Crippen LogP contribution in [0, 0.1) is 6.92 Å².